The number of nitrogens with zero attached hydrogens (tertiary/aromatic N) is 3. The Hall–Kier alpha value is -1.82. The first-order valence-electron chi connectivity index (χ1n) is 7.87. The fraction of sp³-hybridized carbons (Fsp3) is 0.412. The van der Waals surface area contributed by atoms with Crippen LogP contribution < -0.4 is 0 Å². The number of hydrogen-bond donors (Lipinski definition) is 1. The molecule has 0 unspecified atom stereocenters. The van der Waals surface area contributed by atoms with Crippen molar-refractivity contribution in [1.82, 2.24) is 19.7 Å². The average Bonchev–Trinajstić information content (AvgIpc) is 3.10. The Balaban J connectivity index is 1.83. The van der Waals surface area contributed by atoms with Gasteiger partial charge in [0.2, 0.25) is 0 Å². The first-order valence-corrected chi connectivity index (χ1v) is 8.75. The fourth-order valence-electron chi connectivity index (χ4n) is 3.15. The summed E-state index contributed by atoms with van der Waals surface area (Å²) < 4.78 is 16.1. The van der Waals surface area contributed by atoms with E-state index < -0.39 is 0 Å². The quantitative estimate of drug-likeness (QED) is 0.779. The van der Waals surface area contributed by atoms with Crippen molar-refractivity contribution >= 4 is 22.7 Å². The Morgan fingerprint density at radius 2 is 2.17 bits per heavy atom. The molecule has 2 atom stereocenters. The Bertz CT molecular complexity index is 882. The molecule has 1 aliphatic rings. The Kier molecular flexibility index (Phi) is 3.44. The molecular weight excluding hydrogens is 311 g/mol. The summed E-state index contributed by atoms with van der Waals surface area (Å²) in [4.78, 5) is 7.60. The van der Waals surface area contributed by atoms with Gasteiger partial charge in [0.15, 0.2) is 5.82 Å². The van der Waals surface area contributed by atoms with Gasteiger partial charge in [-0.25, -0.2) is 9.37 Å². The Morgan fingerprint density at radius 3 is 2.78 bits per heavy atom. The largest absolute Gasteiger partial charge is 0.347 e. The average molecular weight is 330 g/mol. The van der Waals surface area contributed by atoms with Gasteiger partial charge < -0.3 is 4.98 Å². The number of H-pyrrole nitrogens is 1. The van der Waals surface area contributed by atoms with E-state index in [-0.39, 0.29) is 5.82 Å². The molecule has 0 saturated heterocycles. The number of aromatic amines is 1. The summed E-state index contributed by atoms with van der Waals surface area (Å²) >= 11 is 1.82. The van der Waals surface area contributed by atoms with Crippen LogP contribution in [0.1, 0.15) is 25.3 Å². The van der Waals surface area contributed by atoms with Gasteiger partial charge in [-0.1, -0.05) is 6.92 Å². The van der Waals surface area contributed by atoms with Gasteiger partial charge in [0.25, 0.3) is 0 Å². The first-order chi connectivity index (χ1) is 11.0. The molecule has 0 radical (unpaired) electrons. The van der Waals surface area contributed by atoms with Crippen molar-refractivity contribution in [1.29, 1.82) is 0 Å². The molecule has 6 heteroatoms. The molecule has 0 bridgehead atoms. The molecule has 0 spiro atoms. The molecular formula is C17H19FN4S. The second-order valence-corrected chi connectivity index (χ2v) is 7.71. The van der Waals surface area contributed by atoms with Crippen LogP contribution in [0.2, 0.25) is 0 Å². The van der Waals surface area contributed by atoms with Crippen molar-refractivity contribution in [2.24, 2.45) is 13.0 Å². The summed E-state index contributed by atoms with van der Waals surface area (Å²) in [7, 11) is 1.84. The number of benzene rings is 1. The molecule has 4 rings (SSSR count). The number of nitrogens with one attached hydrogen (secondary N) is 1. The summed E-state index contributed by atoms with van der Waals surface area (Å²) in [6.07, 6.45) is 4.19. The summed E-state index contributed by atoms with van der Waals surface area (Å²) in [5.74, 6) is 1.16. The number of thioether (sulfide) groups is 1. The predicted molar refractivity (Wildman–Crippen MR) is 91.0 cm³/mol. The van der Waals surface area contributed by atoms with Crippen LogP contribution in [0.5, 0.6) is 0 Å². The second-order valence-electron chi connectivity index (χ2n) is 6.43. The Morgan fingerprint density at radius 1 is 1.35 bits per heavy atom. The van der Waals surface area contributed by atoms with Gasteiger partial charge in [0, 0.05) is 23.2 Å². The molecule has 1 N–H and O–H groups in total. The van der Waals surface area contributed by atoms with E-state index in [4.69, 9.17) is 0 Å². The molecule has 23 heavy (non-hydrogen) atoms. The zero-order chi connectivity index (χ0) is 16.1. The maximum atomic E-state index is 14.4. The first kappa shape index (κ1) is 14.8. The standard InChI is InChI=1S/C17H19FN4S/c1-9-4-5-13(9)23-14-7-11-15(17-19-8-22(3)21-17)10(2)6-12(18)16(11)20-14/h6-9,13,20H,4-5H2,1-3H3/t9-,13+/m1/s1. The van der Waals surface area contributed by atoms with Crippen molar-refractivity contribution in [3.05, 3.63) is 29.8 Å². The minimum Gasteiger partial charge on any atom is -0.347 e. The zero-order valence-corrected chi connectivity index (χ0v) is 14.2. The lowest BCUT2D eigenvalue weighted by Gasteiger charge is -2.32. The van der Waals surface area contributed by atoms with Crippen LogP contribution in [-0.4, -0.2) is 25.0 Å². The van der Waals surface area contributed by atoms with E-state index >= 15 is 0 Å². The fourth-order valence-corrected chi connectivity index (χ4v) is 4.45. The van der Waals surface area contributed by atoms with Crippen LogP contribution >= 0.6 is 11.8 Å². The van der Waals surface area contributed by atoms with Crippen molar-refractivity contribution in [3.8, 4) is 11.4 Å². The van der Waals surface area contributed by atoms with Gasteiger partial charge >= 0.3 is 0 Å². The lowest BCUT2D eigenvalue weighted by atomic mass is 9.87. The highest BCUT2D eigenvalue weighted by molar-refractivity contribution is 7.99. The predicted octanol–water partition coefficient (Wildman–Crippen LogP) is 4.30. The van der Waals surface area contributed by atoms with Crippen LogP contribution in [0.4, 0.5) is 4.39 Å². The highest BCUT2D eigenvalue weighted by atomic mass is 32.2. The molecule has 2 heterocycles. The van der Waals surface area contributed by atoms with Crippen molar-refractivity contribution in [2.75, 3.05) is 0 Å². The van der Waals surface area contributed by atoms with Crippen LogP contribution in [0.25, 0.3) is 22.3 Å². The minimum absolute atomic E-state index is 0.217. The number of halogens is 1. The van der Waals surface area contributed by atoms with Gasteiger partial charge in [-0.15, -0.1) is 11.8 Å². The summed E-state index contributed by atoms with van der Waals surface area (Å²) in [6.45, 7) is 4.18. The van der Waals surface area contributed by atoms with E-state index in [0.717, 1.165) is 27.5 Å². The number of hydrogen-bond acceptors (Lipinski definition) is 3. The maximum Gasteiger partial charge on any atom is 0.182 e. The number of aryl methyl sites for hydroxylation is 2. The van der Waals surface area contributed by atoms with Crippen LogP contribution in [0, 0.1) is 18.7 Å². The topological polar surface area (TPSA) is 46.5 Å². The van der Waals surface area contributed by atoms with Gasteiger partial charge in [-0.3, -0.25) is 4.68 Å². The van der Waals surface area contributed by atoms with Crippen LogP contribution in [0.3, 0.4) is 0 Å². The molecule has 1 fully saturated rings. The molecule has 120 valence electrons. The minimum atomic E-state index is -0.217. The lowest BCUT2D eigenvalue weighted by molar-refractivity contribution is 0.362. The van der Waals surface area contributed by atoms with E-state index in [1.54, 1.807) is 17.1 Å². The molecule has 1 aliphatic carbocycles. The molecule has 2 aromatic heterocycles. The van der Waals surface area contributed by atoms with Gasteiger partial charge in [0.05, 0.1) is 10.5 Å². The van der Waals surface area contributed by atoms with E-state index in [1.165, 1.54) is 12.8 Å². The normalized spacial score (nSPS) is 20.9. The van der Waals surface area contributed by atoms with E-state index in [0.29, 0.717) is 16.6 Å². The summed E-state index contributed by atoms with van der Waals surface area (Å²) in [6, 6.07) is 3.61. The van der Waals surface area contributed by atoms with Crippen molar-refractivity contribution in [3.63, 3.8) is 0 Å². The SMILES string of the molecule is Cc1cc(F)c2[nH]c(S[C@H]3CC[C@H]3C)cc2c1-c1ncn(C)n1. The molecule has 0 amide bonds. The summed E-state index contributed by atoms with van der Waals surface area (Å²) in [5, 5.41) is 6.91. The van der Waals surface area contributed by atoms with E-state index in [9.17, 15) is 4.39 Å². The third-order valence-corrected chi connectivity index (χ3v) is 6.16. The van der Waals surface area contributed by atoms with Crippen LogP contribution in [0.15, 0.2) is 23.5 Å². The monoisotopic (exact) mass is 330 g/mol. The molecule has 3 aromatic rings. The van der Waals surface area contributed by atoms with Gasteiger partial charge in [-0.05, 0) is 43.4 Å². The molecule has 1 saturated carbocycles. The molecule has 4 nitrogen and oxygen atoms in total. The smallest absolute Gasteiger partial charge is 0.182 e. The number of aromatic nitrogens is 4. The van der Waals surface area contributed by atoms with E-state index in [2.05, 4.69) is 22.0 Å². The van der Waals surface area contributed by atoms with Crippen molar-refractivity contribution in [2.45, 2.75) is 37.0 Å². The summed E-state index contributed by atoms with van der Waals surface area (Å²) in [5.41, 5.74) is 2.31. The maximum absolute atomic E-state index is 14.4. The number of rotatable bonds is 3. The lowest BCUT2D eigenvalue weighted by Crippen LogP contribution is -2.25. The zero-order valence-electron chi connectivity index (χ0n) is 13.4. The van der Waals surface area contributed by atoms with Gasteiger partial charge in [-0.2, -0.15) is 5.10 Å². The highest BCUT2D eigenvalue weighted by Crippen LogP contribution is 2.42. The highest BCUT2D eigenvalue weighted by Gasteiger charge is 2.28. The molecule has 1 aromatic carbocycles. The van der Waals surface area contributed by atoms with E-state index in [1.807, 2.05) is 31.8 Å². The van der Waals surface area contributed by atoms with Crippen LogP contribution in [-0.2, 0) is 7.05 Å². The Labute approximate surface area is 138 Å². The van der Waals surface area contributed by atoms with Crippen molar-refractivity contribution < 1.29 is 4.39 Å². The molecule has 0 aliphatic heterocycles. The van der Waals surface area contributed by atoms with Gasteiger partial charge in [0.1, 0.15) is 12.1 Å². The third kappa shape index (κ3) is 2.45. The third-order valence-electron chi connectivity index (χ3n) is 4.68. The number of fused-ring (bicyclic) bond motifs is 1. The second kappa shape index (κ2) is 5.37.